The highest BCUT2D eigenvalue weighted by atomic mass is 16.5. The van der Waals surface area contributed by atoms with Gasteiger partial charge in [0.25, 0.3) is 0 Å². The number of aromatic amines is 1. The van der Waals surface area contributed by atoms with Gasteiger partial charge in [-0.05, 0) is 11.6 Å². The quantitative estimate of drug-likeness (QED) is 0.759. The first-order valence-electron chi connectivity index (χ1n) is 6.47. The number of nitrogens with one attached hydrogen (secondary N) is 1. The maximum absolute atomic E-state index is 5.91. The lowest BCUT2D eigenvalue weighted by molar-refractivity contribution is 0.399. The van der Waals surface area contributed by atoms with Crippen molar-refractivity contribution in [3.63, 3.8) is 0 Å². The lowest BCUT2D eigenvalue weighted by Crippen LogP contribution is -2.15. The minimum absolute atomic E-state index is 0.0383. The predicted molar refractivity (Wildman–Crippen MR) is 77.8 cm³/mol. The third-order valence-corrected chi connectivity index (χ3v) is 3.32. The van der Waals surface area contributed by atoms with E-state index in [4.69, 9.17) is 10.5 Å². The Hall–Kier alpha value is -2.40. The molecule has 1 aromatic carbocycles. The van der Waals surface area contributed by atoms with Gasteiger partial charge in [0.2, 0.25) is 5.88 Å². The van der Waals surface area contributed by atoms with Crippen molar-refractivity contribution in [2.75, 3.05) is 13.7 Å². The molecule has 0 spiro atoms. The fourth-order valence-electron chi connectivity index (χ4n) is 2.26. The number of imidazole rings is 1. The third-order valence-electron chi connectivity index (χ3n) is 3.32. The number of methoxy groups -OCH3 is 1. The molecule has 0 aliphatic heterocycles. The summed E-state index contributed by atoms with van der Waals surface area (Å²) in [7, 11) is 1.59. The number of nitrogens with zero attached hydrogens (tertiary/aromatic N) is 2. The molecule has 0 amide bonds. The zero-order chi connectivity index (χ0) is 13.9. The topological polar surface area (TPSA) is 76.8 Å². The van der Waals surface area contributed by atoms with E-state index in [2.05, 4.69) is 27.1 Å². The monoisotopic (exact) mass is 268 g/mol. The van der Waals surface area contributed by atoms with E-state index in [1.165, 1.54) is 0 Å². The number of hydrogen-bond donors (Lipinski definition) is 2. The smallest absolute Gasteiger partial charge is 0.215 e. The second kappa shape index (κ2) is 5.30. The van der Waals surface area contributed by atoms with Crippen molar-refractivity contribution in [1.82, 2.24) is 15.0 Å². The first-order chi connectivity index (χ1) is 9.81. The minimum atomic E-state index is 0.0383. The molecule has 3 N–H and O–H groups in total. The van der Waals surface area contributed by atoms with Crippen molar-refractivity contribution in [2.24, 2.45) is 5.73 Å². The van der Waals surface area contributed by atoms with Crippen LogP contribution < -0.4 is 10.5 Å². The highest BCUT2D eigenvalue weighted by Crippen LogP contribution is 2.23. The molecular weight excluding hydrogens is 252 g/mol. The lowest BCUT2D eigenvalue weighted by Gasteiger charge is -2.11. The molecule has 0 fully saturated rings. The van der Waals surface area contributed by atoms with Crippen molar-refractivity contribution >= 4 is 11.2 Å². The molecule has 0 bridgehead atoms. The predicted octanol–water partition coefficient (Wildman–Crippen LogP) is 2.06. The lowest BCUT2D eigenvalue weighted by atomic mass is 9.99. The molecule has 5 nitrogen and oxygen atoms in total. The van der Waals surface area contributed by atoms with Crippen LogP contribution in [-0.2, 0) is 0 Å². The Kier molecular flexibility index (Phi) is 3.35. The van der Waals surface area contributed by atoms with E-state index < -0.39 is 0 Å². The molecule has 1 unspecified atom stereocenters. The molecule has 1 atom stereocenters. The zero-order valence-electron chi connectivity index (χ0n) is 11.2. The molecule has 5 heteroatoms. The van der Waals surface area contributed by atoms with Gasteiger partial charge >= 0.3 is 0 Å². The zero-order valence-corrected chi connectivity index (χ0v) is 11.2. The molecule has 3 aromatic rings. The van der Waals surface area contributed by atoms with Gasteiger partial charge in [0.1, 0.15) is 5.82 Å². The summed E-state index contributed by atoms with van der Waals surface area (Å²) in [4.78, 5) is 12.1. The van der Waals surface area contributed by atoms with E-state index in [9.17, 15) is 0 Å². The van der Waals surface area contributed by atoms with E-state index in [0.717, 1.165) is 16.9 Å². The first kappa shape index (κ1) is 12.6. The van der Waals surface area contributed by atoms with Gasteiger partial charge in [0.05, 0.1) is 18.5 Å². The highest BCUT2D eigenvalue weighted by molar-refractivity contribution is 5.71. The van der Waals surface area contributed by atoms with Crippen molar-refractivity contribution in [3.8, 4) is 5.88 Å². The molecule has 2 heterocycles. The van der Waals surface area contributed by atoms with Crippen molar-refractivity contribution in [1.29, 1.82) is 0 Å². The maximum atomic E-state index is 5.91. The van der Waals surface area contributed by atoms with Crippen LogP contribution in [0.15, 0.2) is 42.5 Å². The summed E-state index contributed by atoms with van der Waals surface area (Å²) in [6.45, 7) is 0.487. The van der Waals surface area contributed by atoms with Gasteiger partial charge in [0, 0.05) is 12.6 Å². The van der Waals surface area contributed by atoms with Crippen LogP contribution in [-0.4, -0.2) is 28.6 Å². The number of benzene rings is 1. The van der Waals surface area contributed by atoms with Crippen LogP contribution in [0.4, 0.5) is 0 Å². The SMILES string of the molecule is COc1ccc2[nH]c(C(CN)c3ccccc3)nc2n1. The summed E-state index contributed by atoms with van der Waals surface area (Å²) in [5.41, 5.74) is 8.58. The van der Waals surface area contributed by atoms with Crippen LogP contribution >= 0.6 is 0 Å². The second-order valence-electron chi connectivity index (χ2n) is 4.55. The third kappa shape index (κ3) is 2.23. The Morgan fingerprint density at radius 3 is 2.65 bits per heavy atom. The summed E-state index contributed by atoms with van der Waals surface area (Å²) in [6, 6.07) is 13.8. The Bertz CT molecular complexity index is 708. The first-order valence-corrected chi connectivity index (χ1v) is 6.47. The van der Waals surface area contributed by atoms with E-state index in [1.807, 2.05) is 30.3 Å². The van der Waals surface area contributed by atoms with Crippen LogP contribution in [0, 0.1) is 0 Å². The molecule has 0 saturated heterocycles. The van der Waals surface area contributed by atoms with Crippen LogP contribution in [0.2, 0.25) is 0 Å². The number of fused-ring (bicyclic) bond motifs is 1. The van der Waals surface area contributed by atoms with Crippen LogP contribution in [0.3, 0.4) is 0 Å². The fraction of sp³-hybridized carbons (Fsp3) is 0.200. The minimum Gasteiger partial charge on any atom is -0.481 e. The Labute approximate surface area is 116 Å². The fourth-order valence-corrected chi connectivity index (χ4v) is 2.26. The number of H-pyrrole nitrogens is 1. The van der Waals surface area contributed by atoms with Gasteiger partial charge in [-0.2, -0.15) is 4.98 Å². The van der Waals surface area contributed by atoms with Crippen molar-refractivity contribution in [2.45, 2.75) is 5.92 Å². The highest BCUT2D eigenvalue weighted by Gasteiger charge is 2.17. The maximum Gasteiger partial charge on any atom is 0.215 e. The van der Waals surface area contributed by atoms with Crippen LogP contribution in [0.5, 0.6) is 5.88 Å². The summed E-state index contributed by atoms with van der Waals surface area (Å²) >= 11 is 0. The summed E-state index contributed by atoms with van der Waals surface area (Å²) in [5, 5.41) is 0. The molecule has 0 saturated carbocycles. The normalized spacial score (nSPS) is 12.5. The molecular formula is C15H16N4O. The van der Waals surface area contributed by atoms with Gasteiger partial charge in [-0.1, -0.05) is 30.3 Å². The second-order valence-corrected chi connectivity index (χ2v) is 4.55. The summed E-state index contributed by atoms with van der Waals surface area (Å²) < 4.78 is 5.11. The van der Waals surface area contributed by atoms with E-state index in [0.29, 0.717) is 18.1 Å². The standard InChI is InChI=1S/C15H16N4O/c1-20-13-8-7-12-15(18-13)19-14(17-12)11(9-16)10-5-3-2-4-6-10/h2-8,11H,9,16H2,1H3,(H,17,18,19). The summed E-state index contributed by atoms with van der Waals surface area (Å²) in [5.74, 6) is 1.42. The number of aromatic nitrogens is 3. The van der Waals surface area contributed by atoms with Gasteiger partial charge in [-0.15, -0.1) is 0 Å². The molecule has 0 aliphatic carbocycles. The molecule has 102 valence electrons. The molecule has 20 heavy (non-hydrogen) atoms. The largest absolute Gasteiger partial charge is 0.481 e. The molecule has 0 aliphatic rings. The van der Waals surface area contributed by atoms with E-state index >= 15 is 0 Å². The number of rotatable bonds is 4. The number of hydrogen-bond acceptors (Lipinski definition) is 4. The number of pyridine rings is 1. The Balaban J connectivity index is 2.04. The molecule has 2 aromatic heterocycles. The average Bonchev–Trinajstić information content (AvgIpc) is 2.91. The summed E-state index contributed by atoms with van der Waals surface area (Å²) in [6.07, 6.45) is 0. The van der Waals surface area contributed by atoms with Gasteiger partial charge in [-0.3, -0.25) is 0 Å². The Morgan fingerprint density at radius 1 is 1.15 bits per heavy atom. The molecule has 0 radical (unpaired) electrons. The van der Waals surface area contributed by atoms with Crippen LogP contribution in [0.1, 0.15) is 17.3 Å². The molecule has 3 rings (SSSR count). The van der Waals surface area contributed by atoms with Gasteiger partial charge in [0.15, 0.2) is 5.65 Å². The van der Waals surface area contributed by atoms with Crippen molar-refractivity contribution < 1.29 is 4.74 Å². The van der Waals surface area contributed by atoms with Crippen LogP contribution in [0.25, 0.3) is 11.2 Å². The van der Waals surface area contributed by atoms with E-state index in [-0.39, 0.29) is 5.92 Å². The number of ether oxygens (including phenoxy) is 1. The Morgan fingerprint density at radius 2 is 1.95 bits per heavy atom. The van der Waals surface area contributed by atoms with Gasteiger partial charge in [-0.25, -0.2) is 4.98 Å². The van der Waals surface area contributed by atoms with E-state index in [1.54, 1.807) is 7.11 Å². The average molecular weight is 268 g/mol. The van der Waals surface area contributed by atoms with Gasteiger partial charge < -0.3 is 15.5 Å². The number of nitrogens with two attached hydrogens (primary N) is 1. The van der Waals surface area contributed by atoms with Crippen molar-refractivity contribution in [3.05, 3.63) is 53.9 Å².